The van der Waals surface area contributed by atoms with E-state index in [-0.39, 0.29) is 24.2 Å². The van der Waals surface area contributed by atoms with Crippen LogP contribution in [0, 0.1) is 0 Å². The molecule has 0 aliphatic heterocycles. The van der Waals surface area contributed by atoms with Crippen molar-refractivity contribution in [1.29, 1.82) is 0 Å². The molecule has 0 bridgehead atoms. The molecule has 1 heterocycles. The Labute approximate surface area is 140 Å². The second-order valence-corrected chi connectivity index (χ2v) is 6.60. The fourth-order valence-corrected chi connectivity index (χ4v) is 2.98. The van der Waals surface area contributed by atoms with Gasteiger partial charge in [0.1, 0.15) is 5.75 Å². The molecular formula is C18H21NO3S. The average molecular weight is 331 g/mol. The smallest absolute Gasteiger partial charge is 0.225 e. The van der Waals surface area contributed by atoms with Crippen LogP contribution in [-0.4, -0.2) is 25.3 Å². The minimum Gasteiger partial charge on any atom is -0.496 e. The molecule has 2 rings (SSSR count). The van der Waals surface area contributed by atoms with Crippen molar-refractivity contribution in [2.75, 3.05) is 13.7 Å². The van der Waals surface area contributed by atoms with Crippen LogP contribution in [0.25, 0.3) is 0 Å². The Morgan fingerprint density at radius 2 is 2.04 bits per heavy atom. The molecule has 0 saturated carbocycles. The quantitative estimate of drug-likeness (QED) is 0.791. The molecule has 23 heavy (non-hydrogen) atoms. The van der Waals surface area contributed by atoms with Crippen molar-refractivity contribution < 1.29 is 14.3 Å². The molecule has 0 aliphatic carbocycles. The number of nitrogens with one attached hydrogen (secondary N) is 1. The highest BCUT2D eigenvalue weighted by Crippen LogP contribution is 2.27. The molecule has 0 aliphatic rings. The van der Waals surface area contributed by atoms with Gasteiger partial charge in [-0.2, -0.15) is 0 Å². The minimum atomic E-state index is -0.140. The second kappa shape index (κ2) is 7.92. The second-order valence-electron chi connectivity index (χ2n) is 5.57. The van der Waals surface area contributed by atoms with Crippen molar-refractivity contribution in [3.8, 4) is 5.75 Å². The van der Waals surface area contributed by atoms with Gasteiger partial charge in [-0.1, -0.05) is 19.9 Å². The van der Waals surface area contributed by atoms with Crippen LogP contribution in [0.4, 0.5) is 0 Å². The summed E-state index contributed by atoms with van der Waals surface area (Å²) in [6.07, 6.45) is 0.310. The Morgan fingerprint density at radius 3 is 2.65 bits per heavy atom. The summed E-state index contributed by atoms with van der Waals surface area (Å²) in [6.45, 7) is 4.11. The first-order valence-corrected chi connectivity index (χ1v) is 8.39. The maximum Gasteiger partial charge on any atom is 0.225 e. The van der Waals surface area contributed by atoms with Gasteiger partial charge in [0, 0.05) is 10.4 Å². The lowest BCUT2D eigenvalue weighted by Gasteiger charge is -2.13. The summed E-state index contributed by atoms with van der Waals surface area (Å²) in [5, 5.41) is 4.61. The van der Waals surface area contributed by atoms with Gasteiger partial charge in [-0.05, 0) is 41.1 Å². The van der Waals surface area contributed by atoms with E-state index in [0.29, 0.717) is 12.0 Å². The maximum absolute atomic E-state index is 12.3. The third kappa shape index (κ3) is 4.66. The van der Waals surface area contributed by atoms with Gasteiger partial charge in [0.05, 0.1) is 20.1 Å². The molecule has 1 aromatic carbocycles. The van der Waals surface area contributed by atoms with Crippen molar-refractivity contribution in [3.05, 3.63) is 51.7 Å². The molecule has 122 valence electrons. The van der Waals surface area contributed by atoms with Crippen LogP contribution < -0.4 is 10.1 Å². The van der Waals surface area contributed by atoms with Crippen molar-refractivity contribution in [2.45, 2.75) is 26.2 Å². The molecule has 1 aromatic heterocycles. The lowest BCUT2D eigenvalue weighted by Crippen LogP contribution is -2.30. The van der Waals surface area contributed by atoms with Crippen LogP contribution in [0.5, 0.6) is 5.75 Å². The largest absolute Gasteiger partial charge is 0.496 e. The zero-order valence-corrected chi connectivity index (χ0v) is 14.4. The highest BCUT2D eigenvalue weighted by molar-refractivity contribution is 7.10. The third-order valence-electron chi connectivity index (χ3n) is 3.53. The number of carbonyl (C=O) groups is 2. The Kier molecular flexibility index (Phi) is 5.93. The lowest BCUT2D eigenvalue weighted by atomic mass is 9.98. The predicted octanol–water partition coefficient (Wildman–Crippen LogP) is 3.42. The van der Waals surface area contributed by atoms with Crippen molar-refractivity contribution in [2.24, 2.45) is 0 Å². The number of hydrogen-bond acceptors (Lipinski definition) is 4. The van der Waals surface area contributed by atoms with Gasteiger partial charge in [0.15, 0.2) is 5.78 Å². The number of Topliss-reactive ketones (excluding diaryl/α,β-unsaturated/α-hetero) is 1. The van der Waals surface area contributed by atoms with Gasteiger partial charge in [0.25, 0.3) is 0 Å². The Hall–Kier alpha value is -2.14. The normalized spacial score (nSPS) is 10.6. The molecule has 1 amide bonds. The first-order valence-electron chi connectivity index (χ1n) is 7.51. The highest BCUT2D eigenvalue weighted by Gasteiger charge is 2.13. The molecule has 0 saturated heterocycles. The summed E-state index contributed by atoms with van der Waals surface area (Å²) in [7, 11) is 1.62. The molecule has 0 unspecified atom stereocenters. The SMILES string of the molecule is COc1ccc(C(=O)CNC(=O)Cc2cccs2)cc1C(C)C. The Morgan fingerprint density at radius 1 is 1.26 bits per heavy atom. The van der Waals surface area contributed by atoms with E-state index >= 15 is 0 Å². The zero-order chi connectivity index (χ0) is 16.8. The molecule has 1 N–H and O–H groups in total. The average Bonchev–Trinajstić information content (AvgIpc) is 3.04. The van der Waals surface area contributed by atoms with Gasteiger partial charge < -0.3 is 10.1 Å². The van der Waals surface area contributed by atoms with E-state index in [1.165, 1.54) is 11.3 Å². The Bertz CT molecular complexity index is 678. The monoisotopic (exact) mass is 331 g/mol. The molecule has 0 spiro atoms. The fourth-order valence-electron chi connectivity index (χ4n) is 2.27. The summed E-state index contributed by atoms with van der Waals surface area (Å²) < 4.78 is 5.32. The van der Waals surface area contributed by atoms with Crippen LogP contribution in [0.15, 0.2) is 35.7 Å². The number of thiophene rings is 1. The number of amides is 1. The van der Waals surface area contributed by atoms with Crippen molar-refractivity contribution >= 4 is 23.0 Å². The Balaban J connectivity index is 1.97. The first kappa shape index (κ1) is 17.2. The van der Waals surface area contributed by atoms with Crippen molar-refractivity contribution in [1.82, 2.24) is 5.32 Å². The summed E-state index contributed by atoms with van der Waals surface area (Å²) in [5.74, 6) is 0.789. The number of ether oxygens (including phenoxy) is 1. The highest BCUT2D eigenvalue weighted by atomic mass is 32.1. The first-order chi connectivity index (χ1) is 11.0. The van der Waals surface area contributed by atoms with E-state index in [1.54, 1.807) is 19.2 Å². The van der Waals surface area contributed by atoms with Crippen molar-refractivity contribution in [3.63, 3.8) is 0 Å². The molecule has 0 radical (unpaired) electrons. The van der Waals surface area contributed by atoms with Gasteiger partial charge >= 0.3 is 0 Å². The lowest BCUT2D eigenvalue weighted by molar-refractivity contribution is -0.120. The van der Waals surface area contributed by atoms with E-state index in [1.807, 2.05) is 23.6 Å². The van der Waals surface area contributed by atoms with E-state index in [4.69, 9.17) is 4.74 Å². The van der Waals surface area contributed by atoms with Crippen LogP contribution in [-0.2, 0) is 11.2 Å². The maximum atomic E-state index is 12.3. The molecule has 4 nitrogen and oxygen atoms in total. The molecular weight excluding hydrogens is 310 g/mol. The number of methoxy groups -OCH3 is 1. The summed E-state index contributed by atoms with van der Waals surface area (Å²) in [4.78, 5) is 25.1. The number of carbonyl (C=O) groups excluding carboxylic acids is 2. The van der Waals surface area contributed by atoms with E-state index in [0.717, 1.165) is 16.2 Å². The minimum absolute atomic E-state index is 0.00801. The van der Waals surface area contributed by atoms with E-state index in [2.05, 4.69) is 19.2 Å². The standard InChI is InChI=1S/C18H21NO3S/c1-12(2)15-9-13(6-7-17(15)22-3)16(20)11-19-18(21)10-14-5-4-8-23-14/h4-9,12H,10-11H2,1-3H3,(H,19,21). The van der Waals surface area contributed by atoms with Gasteiger partial charge in [0.2, 0.25) is 5.91 Å². The number of hydrogen-bond donors (Lipinski definition) is 1. The molecule has 2 aromatic rings. The fraction of sp³-hybridized carbons (Fsp3) is 0.333. The van der Waals surface area contributed by atoms with E-state index < -0.39 is 0 Å². The summed E-state index contributed by atoms with van der Waals surface area (Å²) >= 11 is 1.53. The topological polar surface area (TPSA) is 55.4 Å². The predicted molar refractivity (Wildman–Crippen MR) is 92.4 cm³/mol. The molecule has 0 fully saturated rings. The molecule has 0 atom stereocenters. The number of ketones is 1. The van der Waals surface area contributed by atoms with E-state index in [9.17, 15) is 9.59 Å². The zero-order valence-electron chi connectivity index (χ0n) is 13.6. The number of rotatable bonds is 7. The van der Waals surface area contributed by atoms with Crippen LogP contribution in [0.2, 0.25) is 0 Å². The third-order valence-corrected chi connectivity index (χ3v) is 4.41. The summed E-state index contributed by atoms with van der Waals surface area (Å²) in [6, 6.07) is 9.19. The summed E-state index contributed by atoms with van der Waals surface area (Å²) in [5.41, 5.74) is 1.58. The van der Waals surface area contributed by atoms with Gasteiger partial charge in [-0.3, -0.25) is 9.59 Å². The van der Waals surface area contributed by atoms with Gasteiger partial charge in [-0.25, -0.2) is 0 Å². The van der Waals surface area contributed by atoms with Crippen LogP contribution >= 0.6 is 11.3 Å². The van der Waals surface area contributed by atoms with Gasteiger partial charge in [-0.15, -0.1) is 11.3 Å². The van der Waals surface area contributed by atoms with Crippen LogP contribution in [0.1, 0.15) is 40.6 Å². The van der Waals surface area contributed by atoms with Crippen LogP contribution in [0.3, 0.4) is 0 Å². The molecule has 5 heteroatoms. The number of benzene rings is 1.